The Labute approximate surface area is 147 Å². The maximum atomic E-state index is 12.9. The molecule has 3 nitrogen and oxygen atoms in total. The lowest BCUT2D eigenvalue weighted by molar-refractivity contribution is 0.0701. The molecule has 1 atom stereocenters. The van der Waals surface area contributed by atoms with Crippen molar-refractivity contribution in [2.45, 2.75) is 12.6 Å². The molecule has 2 aromatic rings. The molecule has 1 N–H and O–H groups in total. The first-order valence-corrected chi connectivity index (χ1v) is 8.60. The van der Waals surface area contributed by atoms with Gasteiger partial charge >= 0.3 is 0 Å². The summed E-state index contributed by atoms with van der Waals surface area (Å²) in [6.07, 6.45) is -0.495. The lowest BCUT2D eigenvalue weighted by Gasteiger charge is -2.35. The molecule has 0 radical (unpaired) electrons. The van der Waals surface area contributed by atoms with E-state index in [1.165, 1.54) is 12.1 Å². The minimum absolute atomic E-state index is 0.195. The Balaban J connectivity index is 1.46. The van der Waals surface area contributed by atoms with Crippen LogP contribution in [-0.2, 0) is 6.54 Å². The van der Waals surface area contributed by atoms with Crippen LogP contribution >= 0.6 is 11.6 Å². The first kappa shape index (κ1) is 17.4. The summed E-state index contributed by atoms with van der Waals surface area (Å²) < 4.78 is 12.9. The van der Waals surface area contributed by atoms with Crippen molar-refractivity contribution in [1.29, 1.82) is 0 Å². The highest BCUT2D eigenvalue weighted by molar-refractivity contribution is 6.30. The van der Waals surface area contributed by atoms with Gasteiger partial charge in [-0.1, -0.05) is 35.9 Å². The molecular formula is C19H22ClFN2O. The fourth-order valence-electron chi connectivity index (χ4n) is 3.01. The average molecular weight is 349 g/mol. The Morgan fingerprint density at radius 3 is 2.12 bits per heavy atom. The standard InChI is InChI=1S/C19H22ClFN2O/c20-17-5-3-16(4-6-17)19(24)14-23-11-9-22(10-12-23)13-15-1-7-18(21)8-2-15/h1-8,19,24H,9-14H2. The molecule has 1 saturated heterocycles. The number of nitrogens with zero attached hydrogens (tertiary/aromatic N) is 2. The van der Waals surface area contributed by atoms with Crippen LogP contribution in [0.15, 0.2) is 48.5 Å². The second kappa shape index (κ2) is 8.08. The summed E-state index contributed by atoms with van der Waals surface area (Å²) in [6.45, 7) is 5.22. The molecule has 0 aromatic heterocycles. The van der Waals surface area contributed by atoms with Gasteiger partial charge in [0.2, 0.25) is 0 Å². The van der Waals surface area contributed by atoms with Gasteiger partial charge in [0.25, 0.3) is 0 Å². The molecule has 0 bridgehead atoms. The highest BCUT2D eigenvalue weighted by Gasteiger charge is 2.20. The van der Waals surface area contributed by atoms with E-state index in [0.29, 0.717) is 11.6 Å². The Morgan fingerprint density at radius 1 is 0.917 bits per heavy atom. The van der Waals surface area contributed by atoms with Crippen LogP contribution in [0.5, 0.6) is 0 Å². The van der Waals surface area contributed by atoms with E-state index in [-0.39, 0.29) is 5.82 Å². The number of aliphatic hydroxyl groups excluding tert-OH is 1. The summed E-state index contributed by atoms with van der Waals surface area (Å²) in [7, 11) is 0. The molecule has 1 aliphatic heterocycles. The van der Waals surface area contributed by atoms with Crippen LogP contribution in [-0.4, -0.2) is 47.6 Å². The number of aliphatic hydroxyl groups is 1. The fourth-order valence-corrected chi connectivity index (χ4v) is 3.14. The normalized spacial score (nSPS) is 17.8. The quantitative estimate of drug-likeness (QED) is 0.897. The summed E-state index contributed by atoms with van der Waals surface area (Å²) in [5, 5.41) is 11.0. The van der Waals surface area contributed by atoms with Gasteiger partial charge in [0.15, 0.2) is 0 Å². The number of benzene rings is 2. The molecule has 0 spiro atoms. The molecule has 3 rings (SSSR count). The van der Waals surface area contributed by atoms with Crippen molar-refractivity contribution in [3.63, 3.8) is 0 Å². The van der Waals surface area contributed by atoms with Crippen LogP contribution < -0.4 is 0 Å². The smallest absolute Gasteiger partial charge is 0.123 e. The van der Waals surface area contributed by atoms with Gasteiger partial charge in [-0.25, -0.2) is 4.39 Å². The maximum absolute atomic E-state index is 12.9. The third-order valence-corrected chi connectivity index (χ3v) is 4.72. The van der Waals surface area contributed by atoms with Crippen LogP contribution in [0.4, 0.5) is 4.39 Å². The van der Waals surface area contributed by atoms with E-state index in [1.54, 1.807) is 12.1 Å². The van der Waals surface area contributed by atoms with Crippen LogP contribution in [0, 0.1) is 5.82 Å². The Hall–Kier alpha value is -1.46. The van der Waals surface area contributed by atoms with Crippen molar-refractivity contribution in [3.8, 4) is 0 Å². The largest absolute Gasteiger partial charge is 0.387 e. The molecule has 1 heterocycles. The molecule has 24 heavy (non-hydrogen) atoms. The van der Waals surface area contributed by atoms with Crippen LogP contribution in [0.1, 0.15) is 17.2 Å². The fraction of sp³-hybridized carbons (Fsp3) is 0.368. The van der Waals surface area contributed by atoms with Crippen molar-refractivity contribution in [2.75, 3.05) is 32.7 Å². The summed E-state index contributed by atoms with van der Waals surface area (Å²) in [4.78, 5) is 4.64. The summed E-state index contributed by atoms with van der Waals surface area (Å²) in [5.41, 5.74) is 2.03. The van der Waals surface area contributed by atoms with E-state index < -0.39 is 6.10 Å². The minimum atomic E-state index is -0.495. The second-order valence-corrected chi connectivity index (χ2v) is 6.71. The number of piperazine rings is 1. The molecule has 1 fully saturated rings. The molecule has 128 valence electrons. The van der Waals surface area contributed by atoms with Gasteiger partial charge in [-0.2, -0.15) is 0 Å². The Morgan fingerprint density at radius 2 is 1.50 bits per heavy atom. The van der Waals surface area contributed by atoms with E-state index in [4.69, 9.17) is 11.6 Å². The molecule has 2 aromatic carbocycles. The zero-order chi connectivity index (χ0) is 16.9. The van der Waals surface area contributed by atoms with Crippen molar-refractivity contribution < 1.29 is 9.50 Å². The zero-order valence-electron chi connectivity index (χ0n) is 13.5. The van der Waals surface area contributed by atoms with Crippen LogP contribution in [0.2, 0.25) is 5.02 Å². The molecule has 0 aliphatic carbocycles. The Kier molecular flexibility index (Phi) is 5.85. The van der Waals surface area contributed by atoms with Crippen molar-refractivity contribution in [1.82, 2.24) is 9.80 Å². The topological polar surface area (TPSA) is 26.7 Å². The molecule has 0 saturated carbocycles. The second-order valence-electron chi connectivity index (χ2n) is 6.27. The van der Waals surface area contributed by atoms with Gasteiger partial charge in [-0.3, -0.25) is 9.80 Å². The SMILES string of the molecule is OC(CN1CCN(Cc2ccc(F)cc2)CC1)c1ccc(Cl)cc1. The minimum Gasteiger partial charge on any atom is -0.387 e. The van der Waals surface area contributed by atoms with Gasteiger partial charge in [-0.05, 0) is 35.4 Å². The third kappa shape index (κ3) is 4.77. The van der Waals surface area contributed by atoms with E-state index >= 15 is 0 Å². The van der Waals surface area contributed by atoms with Crippen LogP contribution in [0.25, 0.3) is 0 Å². The van der Waals surface area contributed by atoms with Crippen LogP contribution in [0.3, 0.4) is 0 Å². The highest BCUT2D eigenvalue weighted by Crippen LogP contribution is 2.18. The third-order valence-electron chi connectivity index (χ3n) is 4.47. The molecule has 5 heteroatoms. The maximum Gasteiger partial charge on any atom is 0.123 e. The van der Waals surface area contributed by atoms with E-state index in [9.17, 15) is 9.50 Å². The van der Waals surface area contributed by atoms with Gasteiger partial charge in [0.05, 0.1) is 6.10 Å². The lowest BCUT2D eigenvalue weighted by atomic mass is 10.1. The first-order valence-electron chi connectivity index (χ1n) is 8.23. The predicted octanol–water partition coefficient (Wildman–Crippen LogP) is 3.33. The average Bonchev–Trinajstić information content (AvgIpc) is 2.59. The lowest BCUT2D eigenvalue weighted by Crippen LogP contribution is -2.47. The number of rotatable bonds is 5. The Bertz CT molecular complexity index is 639. The molecule has 1 unspecified atom stereocenters. The van der Waals surface area contributed by atoms with Gasteiger partial charge < -0.3 is 5.11 Å². The number of hydrogen-bond donors (Lipinski definition) is 1. The zero-order valence-corrected chi connectivity index (χ0v) is 14.3. The number of halogens is 2. The number of hydrogen-bond acceptors (Lipinski definition) is 3. The first-order chi connectivity index (χ1) is 11.6. The summed E-state index contributed by atoms with van der Waals surface area (Å²) >= 11 is 5.88. The van der Waals surface area contributed by atoms with Gasteiger partial charge in [0, 0.05) is 44.3 Å². The van der Waals surface area contributed by atoms with Gasteiger partial charge in [0.1, 0.15) is 5.82 Å². The summed E-state index contributed by atoms with van der Waals surface area (Å²) in [5.74, 6) is -0.195. The number of β-amino-alcohol motifs (C(OH)–C–C–N with tert-alkyl or cyclic N) is 1. The molecular weight excluding hydrogens is 327 g/mol. The van der Waals surface area contributed by atoms with E-state index in [0.717, 1.165) is 43.9 Å². The summed E-state index contributed by atoms with van der Waals surface area (Å²) in [6, 6.07) is 14.1. The monoisotopic (exact) mass is 348 g/mol. The highest BCUT2D eigenvalue weighted by atomic mass is 35.5. The molecule has 0 amide bonds. The van der Waals surface area contributed by atoms with Crippen molar-refractivity contribution >= 4 is 11.6 Å². The van der Waals surface area contributed by atoms with Crippen molar-refractivity contribution in [3.05, 3.63) is 70.5 Å². The predicted molar refractivity (Wildman–Crippen MR) is 94.5 cm³/mol. The van der Waals surface area contributed by atoms with Crippen molar-refractivity contribution in [2.24, 2.45) is 0 Å². The van der Waals surface area contributed by atoms with Gasteiger partial charge in [-0.15, -0.1) is 0 Å². The van der Waals surface area contributed by atoms with E-state index in [1.807, 2.05) is 24.3 Å². The van der Waals surface area contributed by atoms with E-state index in [2.05, 4.69) is 9.80 Å². The molecule has 1 aliphatic rings.